The number of pyridine rings is 1. The van der Waals surface area contributed by atoms with Crippen molar-refractivity contribution in [3.05, 3.63) is 95.8 Å². The number of urea groups is 1. The Bertz CT molecular complexity index is 1070. The van der Waals surface area contributed by atoms with Gasteiger partial charge in [-0.2, -0.15) is 0 Å². The van der Waals surface area contributed by atoms with Gasteiger partial charge in [0.25, 0.3) is 0 Å². The first kappa shape index (κ1) is 23.4. The second-order valence-corrected chi connectivity index (χ2v) is 8.64. The molecule has 0 radical (unpaired) electrons. The van der Waals surface area contributed by atoms with E-state index < -0.39 is 0 Å². The topological polar surface area (TPSA) is 86.4 Å². The summed E-state index contributed by atoms with van der Waals surface area (Å²) in [6.07, 6.45) is 5.33. The number of carbonyl (C=O) groups is 2. The van der Waals surface area contributed by atoms with Gasteiger partial charge in [0.2, 0.25) is 5.91 Å². The van der Waals surface area contributed by atoms with Crippen LogP contribution in [0.4, 0.5) is 10.5 Å². The van der Waals surface area contributed by atoms with E-state index in [2.05, 4.69) is 50.1 Å². The summed E-state index contributed by atoms with van der Waals surface area (Å²) in [5.41, 5.74) is 3.88. The van der Waals surface area contributed by atoms with Crippen LogP contribution in [0.15, 0.2) is 79.1 Å². The lowest BCUT2D eigenvalue weighted by atomic mass is 9.96. The summed E-state index contributed by atoms with van der Waals surface area (Å²) in [6, 6.07) is 21.4. The van der Waals surface area contributed by atoms with Crippen molar-refractivity contribution < 1.29 is 9.59 Å². The lowest BCUT2D eigenvalue weighted by molar-refractivity contribution is -0.126. The number of piperidine rings is 1. The molecule has 1 atom stereocenters. The molecule has 7 heteroatoms. The highest BCUT2D eigenvalue weighted by Gasteiger charge is 2.25. The van der Waals surface area contributed by atoms with Gasteiger partial charge < -0.3 is 16.0 Å². The van der Waals surface area contributed by atoms with Gasteiger partial charge in [-0.25, -0.2) is 4.79 Å². The molecule has 3 amide bonds. The minimum atomic E-state index is -0.279. The monoisotopic (exact) mass is 457 g/mol. The molecule has 2 heterocycles. The number of amides is 3. The Labute approximate surface area is 200 Å². The first-order valence-corrected chi connectivity index (χ1v) is 11.7. The van der Waals surface area contributed by atoms with Gasteiger partial charge in [0.1, 0.15) is 0 Å². The minimum Gasteiger partial charge on any atom is -0.352 e. The van der Waals surface area contributed by atoms with Crippen molar-refractivity contribution >= 4 is 17.6 Å². The molecule has 1 unspecified atom stereocenters. The molecule has 0 spiro atoms. The lowest BCUT2D eigenvalue weighted by Gasteiger charge is -2.32. The van der Waals surface area contributed by atoms with E-state index in [4.69, 9.17) is 0 Å². The number of benzene rings is 2. The fourth-order valence-corrected chi connectivity index (χ4v) is 4.21. The summed E-state index contributed by atoms with van der Waals surface area (Å²) >= 11 is 0. The van der Waals surface area contributed by atoms with E-state index in [9.17, 15) is 9.59 Å². The van der Waals surface area contributed by atoms with Gasteiger partial charge in [0, 0.05) is 44.3 Å². The normalized spacial score (nSPS) is 15.9. The van der Waals surface area contributed by atoms with Gasteiger partial charge in [-0.3, -0.25) is 14.7 Å². The predicted octanol–water partition coefficient (Wildman–Crippen LogP) is 3.93. The van der Waals surface area contributed by atoms with Gasteiger partial charge in [-0.1, -0.05) is 42.5 Å². The Morgan fingerprint density at radius 2 is 1.65 bits per heavy atom. The zero-order valence-corrected chi connectivity index (χ0v) is 19.2. The molecule has 0 saturated carbocycles. The molecule has 3 aromatic rings. The summed E-state index contributed by atoms with van der Waals surface area (Å²) in [5.74, 6) is 0.0870. The number of nitrogens with one attached hydrogen (secondary N) is 3. The van der Waals surface area contributed by atoms with Gasteiger partial charge in [-0.05, 0) is 60.3 Å². The molecule has 1 aliphatic rings. The molecule has 34 heavy (non-hydrogen) atoms. The number of rotatable bonds is 8. The highest BCUT2D eigenvalue weighted by Crippen LogP contribution is 2.19. The SMILES string of the molecule is O=C(NCc1ccncc1)Nc1cccc(CNC(=O)C2CCCN(Cc3ccccc3)C2)c1. The quantitative estimate of drug-likeness (QED) is 0.478. The molecule has 1 aromatic heterocycles. The molecule has 0 aliphatic carbocycles. The Balaban J connectivity index is 1.23. The number of hydrogen-bond donors (Lipinski definition) is 3. The van der Waals surface area contributed by atoms with Crippen LogP contribution < -0.4 is 16.0 Å². The third-order valence-electron chi connectivity index (χ3n) is 5.98. The first-order chi connectivity index (χ1) is 16.7. The maximum Gasteiger partial charge on any atom is 0.319 e. The Morgan fingerprint density at radius 3 is 2.47 bits per heavy atom. The van der Waals surface area contributed by atoms with Crippen LogP contribution >= 0.6 is 0 Å². The smallest absolute Gasteiger partial charge is 0.319 e. The Morgan fingerprint density at radius 1 is 0.882 bits per heavy atom. The van der Waals surface area contributed by atoms with E-state index in [1.54, 1.807) is 12.4 Å². The Hall–Kier alpha value is -3.71. The fourth-order valence-electron chi connectivity index (χ4n) is 4.21. The van der Waals surface area contributed by atoms with Crippen molar-refractivity contribution in [1.29, 1.82) is 0 Å². The highest BCUT2D eigenvalue weighted by molar-refractivity contribution is 5.89. The molecule has 2 aromatic carbocycles. The van der Waals surface area contributed by atoms with E-state index in [1.165, 1.54) is 5.56 Å². The summed E-state index contributed by atoms with van der Waals surface area (Å²) in [4.78, 5) is 31.4. The average Bonchev–Trinajstić information content (AvgIpc) is 2.88. The number of carbonyl (C=O) groups excluding carboxylic acids is 2. The third kappa shape index (κ3) is 7.15. The summed E-state index contributed by atoms with van der Waals surface area (Å²) < 4.78 is 0. The lowest BCUT2D eigenvalue weighted by Crippen LogP contribution is -2.42. The van der Waals surface area contributed by atoms with Crippen LogP contribution in [-0.2, 0) is 24.4 Å². The second-order valence-electron chi connectivity index (χ2n) is 8.64. The number of anilines is 1. The van der Waals surface area contributed by atoms with Crippen LogP contribution in [0.25, 0.3) is 0 Å². The van der Waals surface area contributed by atoms with Crippen LogP contribution in [0, 0.1) is 5.92 Å². The molecule has 176 valence electrons. The van der Waals surface area contributed by atoms with Gasteiger partial charge in [0.05, 0.1) is 5.92 Å². The van der Waals surface area contributed by atoms with Crippen molar-refractivity contribution in [1.82, 2.24) is 20.5 Å². The molecule has 1 saturated heterocycles. The predicted molar refractivity (Wildman–Crippen MR) is 133 cm³/mol. The van der Waals surface area contributed by atoms with Gasteiger partial charge in [-0.15, -0.1) is 0 Å². The molecular formula is C27H31N5O2. The molecule has 0 bridgehead atoms. The van der Waals surface area contributed by atoms with E-state index >= 15 is 0 Å². The van der Waals surface area contributed by atoms with E-state index in [1.807, 2.05) is 42.5 Å². The van der Waals surface area contributed by atoms with Crippen LogP contribution in [0.1, 0.15) is 29.5 Å². The molecular weight excluding hydrogens is 426 g/mol. The van der Waals surface area contributed by atoms with Crippen LogP contribution in [0.2, 0.25) is 0 Å². The maximum atomic E-state index is 12.8. The average molecular weight is 458 g/mol. The van der Waals surface area contributed by atoms with Crippen molar-refractivity contribution in [2.24, 2.45) is 5.92 Å². The molecule has 3 N–H and O–H groups in total. The number of aromatic nitrogens is 1. The highest BCUT2D eigenvalue weighted by atomic mass is 16.2. The zero-order valence-electron chi connectivity index (χ0n) is 19.2. The second kappa shape index (κ2) is 12.0. The van der Waals surface area contributed by atoms with Gasteiger partial charge in [0.15, 0.2) is 0 Å². The van der Waals surface area contributed by atoms with Crippen molar-refractivity contribution in [3.63, 3.8) is 0 Å². The van der Waals surface area contributed by atoms with Crippen molar-refractivity contribution in [2.75, 3.05) is 18.4 Å². The fraction of sp³-hybridized carbons (Fsp3) is 0.296. The van der Waals surface area contributed by atoms with Crippen LogP contribution in [0.3, 0.4) is 0 Å². The van der Waals surface area contributed by atoms with E-state index in [-0.39, 0.29) is 17.9 Å². The number of hydrogen-bond acceptors (Lipinski definition) is 4. The van der Waals surface area contributed by atoms with Gasteiger partial charge >= 0.3 is 6.03 Å². The Kier molecular flexibility index (Phi) is 8.24. The summed E-state index contributed by atoms with van der Waals surface area (Å²) in [5, 5.41) is 8.76. The largest absolute Gasteiger partial charge is 0.352 e. The van der Waals surface area contributed by atoms with Crippen molar-refractivity contribution in [2.45, 2.75) is 32.5 Å². The molecule has 4 rings (SSSR count). The summed E-state index contributed by atoms with van der Waals surface area (Å²) in [6.45, 7) is 3.53. The van der Waals surface area contributed by atoms with Crippen molar-refractivity contribution in [3.8, 4) is 0 Å². The van der Waals surface area contributed by atoms with Crippen LogP contribution in [0.5, 0.6) is 0 Å². The summed E-state index contributed by atoms with van der Waals surface area (Å²) in [7, 11) is 0. The first-order valence-electron chi connectivity index (χ1n) is 11.7. The number of likely N-dealkylation sites (tertiary alicyclic amines) is 1. The zero-order chi connectivity index (χ0) is 23.6. The molecule has 1 fully saturated rings. The number of nitrogens with zero attached hydrogens (tertiary/aromatic N) is 2. The third-order valence-corrected chi connectivity index (χ3v) is 5.98. The molecule has 7 nitrogen and oxygen atoms in total. The molecule has 1 aliphatic heterocycles. The van der Waals surface area contributed by atoms with E-state index in [0.29, 0.717) is 18.8 Å². The van der Waals surface area contributed by atoms with E-state index in [0.717, 1.165) is 43.6 Å². The van der Waals surface area contributed by atoms with Crippen LogP contribution in [-0.4, -0.2) is 34.9 Å². The maximum absolute atomic E-state index is 12.8. The standard InChI is InChI=1S/C27H31N5O2/c33-26(24-9-5-15-32(20-24)19-22-6-2-1-3-7-22)29-18-23-8-4-10-25(16-23)31-27(34)30-17-21-11-13-28-14-12-21/h1-4,6-8,10-14,16,24H,5,9,15,17-20H2,(H,29,33)(H2,30,31,34). The minimum absolute atomic E-state index is 0.00210.